The van der Waals surface area contributed by atoms with E-state index in [9.17, 15) is 5.11 Å². The van der Waals surface area contributed by atoms with Gasteiger partial charge in [-0.2, -0.15) is 0 Å². The predicted octanol–water partition coefficient (Wildman–Crippen LogP) is 1.47. The zero-order valence-electron chi connectivity index (χ0n) is 16.8. The average Bonchev–Trinajstić information content (AvgIpc) is 3.07. The molecule has 0 amide bonds. The Bertz CT molecular complexity index is 814. The Morgan fingerprint density at radius 3 is 2.48 bits per heavy atom. The fraction of sp³-hybridized carbons (Fsp3) is 0.619. The number of nitrogens with zero attached hydrogens (tertiary/aromatic N) is 5. The molecule has 4 rings (SSSR count). The Hall–Kier alpha value is -1.76. The standard InChI is InChI=1S/C21H31N5O/c1-15-19-11-16-5-4-6-17(16)12-20(19)23-21(22-15)26-9-7-25(8-10-26)14-18(27)13-24(2)3/h11-12,18,27H,4-10,13-14H2,1-3H3/t18-/m1/s1. The maximum Gasteiger partial charge on any atom is 0.226 e. The molecule has 6 nitrogen and oxygen atoms in total. The summed E-state index contributed by atoms with van der Waals surface area (Å²) in [6.07, 6.45) is 3.33. The van der Waals surface area contributed by atoms with Gasteiger partial charge in [-0.1, -0.05) is 0 Å². The molecular weight excluding hydrogens is 338 g/mol. The second kappa shape index (κ2) is 7.70. The summed E-state index contributed by atoms with van der Waals surface area (Å²) in [5.41, 5.74) is 5.11. The fourth-order valence-electron chi connectivity index (χ4n) is 4.39. The van der Waals surface area contributed by atoms with E-state index in [1.807, 2.05) is 19.0 Å². The highest BCUT2D eigenvalue weighted by atomic mass is 16.3. The Morgan fingerprint density at radius 2 is 1.78 bits per heavy atom. The zero-order valence-corrected chi connectivity index (χ0v) is 16.8. The third-order valence-corrected chi connectivity index (χ3v) is 5.79. The van der Waals surface area contributed by atoms with E-state index in [2.05, 4.69) is 28.9 Å². The fourth-order valence-corrected chi connectivity index (χ4v) is 4.39. The van der Waals surface area contributed by atoms with Crippen LogP contribution >= 0.6 is 0 Å². The van der Waals surface area contributed by atoms with Gasteiger partial charge >= 0.3 is 0 Å². The van der Waals surface area contributed by atoms with E-state index in [0.717, 1.165) is 49.9 Å². The maximum atomic E-state index is 10.2. The third kappa shape index (κ3) is 4.08. The molecule has 2 aliphatic rings. The molecule has 1 fully saturated rings. The first-order chi connectivity index (χ1) is 13.0. The van der Waals surface area contributed by atoms with E-state index >= 15 is 0 Å². The number of fused-ring (bicyclic) bond motifs is 2. The van der Waals surface area contributed by atoms with Gasteiger partial charge in [-0.15, -0.1) is 0 Å². The molecule has 2 aromatic rings. The number of aromatic nitrogens is 2. The summed E-state index contributed by atoms with van der Waals surface area (Å²) in [5, 5.41) is 11.4. The first-order valence-electron chi connectivity index (χ1n) is 10.1. The van der Waals surface area contributed by atoms with Crippen LogP contribution in [0.5, 0.6) is 0 Å². The van der Waals surface area contributed by atoms with Crippen LogP contribution in [0, 0.1) is 6.92 Å². The van der Waals surface area contributed by atoms with Crippen LogP contribution in [0.25, 0.3) is 10.9 Å². The molecule has 6 heteroatoms. The average molecular weight is 370 g/mol. The number of piperazine rings is 1. The molecule has 1 aromatic carbocycles. The highest BCUT2D eigenvalue weighted by Crippen LogP contribution is 2.29. The number of rotatable bonds is 5. The lowest BCUT2D eigenvalue weighted by molar-refractivity contribution is 0.0859. The van der Waals surface area contributed by atoms with Gasteiger partial charge in [0.05, 0.1) is 17.3 Å². The van der Waals surface area contributed by atoms with Crippen molar-refractivity contribution in [2.75, 3.05) is 58.3 Å². The van der Waals surface area contributed by atoms with Crippen LogP contribution in [0.1, 0.15) is 23.2 Å². The van der Waals surface area contributed by atoms with Crippen molar-refractivity contribution in [3.05, 3.63) is 29.0 Å². The largest absolute Gasteiger partial charge is 0.390 e. The van der Waals surface area contributed by atoms with Crippen LogP contribution in [0.3, 0.4) is 0 Å². The molecule has 1 aliphatic carbocycles. The van der Waals surface area contributed by atoms with Gasteiger partial charge in [-0.3, -0.25) is 4.90 Å². The van der Waals surface area contributed by atoms with Gasteiger partial charge in [0.1, 0.15) is 0 Å². The molecular formula is C21H31N5O. The van der Waals surface area contributed by atoms with Gasteiger partial charge in [-0.05, 0) is 63.5 Å². The van der Waals surface area contributed by atoms with Gasteiger partial charge in [0, 0.05) is 44.7 Å². The SMILES string of the molecule is Cc1nc(N2CCN(C[C@H](O)CN(C)C)CC2)nc2cc3c(cc12)CCC3. The summed E-state index contributed by atoms with van der Waals surface area (Å²) in [4.78, 5) is 16.4. The number of hydrogen-bond acceptors (Lipinski definition) is 6. The lowest BCUT2D eigenvalue weighted by Crippen LogP contribution is -2.50. The van der Waals surface area contributed by atoms with Crippen LogP contribution in [0.2, 0.25) is 0 Å². The molecule has 0 unspecified atom stereocenters. The van der Waals surface area contributed by atoms with Crippen molar-refractivity contribution < 1.29 is 5.11 Å². The molecule has 1 atom stereocenters. The third-order valence-electron chi connectivity index (χ3n) is 5.79. The van der Waals surface area contributed by atoms with E-state index in [1.165, 1.54) is 35.8 Å². The number of hydrogen-bond donors (Lipinski definition) is 1. The molecule has 0 bridgehead atoms. The Morgan fingerprint density at radius 1 is 1.07 bits per heavy atom. The van der Waals surface area contributed by atoms with Gasteiger partial charge < -0.3 is 14.9 Å². The van der Waals surface area contributed by atoms with Crippen molar-refractivity contribution >= 4 is 16.9 Å². The van der Waals surface area contributed by atoms with Crippen molar-refractivity contribution in [3.8, 4) is 0 Å². The van der Waals surface area contributed by atoms with Crippen molar-refractivity contribution in [2.45, 2.75) is 32.3 Å². The minimum absolute atomic E-state index is 0.298. The number of likely N-dealkylation sites (N-methyl/N-ethyl adjacent to an activating group) is 1. The van der Waals surface area contributed by atoms with Crippen molar-refractivity contribution in [1.29, 1.82) is 0 Å². The predicted molar refractivity (Wildman–Crippen MR) is 110 cm³/mol. The lowest BCUT2D eigenvalue weighted by Gasteiger charge is -2.36. The molecule has 2 heterocycles. The Balaban J connectivity index is 1.45. The monoisotopic (exact) mass is 369 g/mol. The first-order valence-corrected chi connectivity index (χ1v) is 10.1. The van der Waals surface area contributed by atoms with E-state index < -0.39 is 0 Å². The van der Waals surface area contributed by atoms with Crippen molar-refractivity contribution in [1.82, 2.24) is 19.8 Å². The molecule has 0 saturated carbocycles. The van der Waals surface area contributed by atoms with Crippen LogP contribution in [-0.2, 0) is 12.8 Å². The molecule has 0 spiro atoms. The minimum atomic E-state index is -0.298. The van der Waals surface area contributed by atoms with E-state index in [4.69, 9.17) is 9.97 Å². The van der Waals surface area contributed by atoms with Crippen LogP contribution in [0.15, 0.2) is 12.1 Å². The van der Waals surface area contributed by atoms with Crippen molar-refractivity contribution in [2.24, 2.45) is 0 Å². The molecule has 27 heavy (non-hydrogen) atoms. The molecule has 1 N–H and O–H groups in total. The van der Waals surface area contributed by atoms with Crippen LogP contribution in [0.4, 0.5) is 5.95 Å². The molecule has 1 aromatic heterocycles. The van der Waals surface area contributed by atoms with Gasteiger partial charge in [0.25, 0.3) is 0 Å². The second-order valence-corrected chi connectivity index (χ2v) is 8.30. The maximum absolute atomic E-state index is 10.2. The summed E-state index contributed by atoms with van der Waals surface area (Å²) < 4.78 is 0. The number of aryl methyl sites for hydroxylation is 3. The van der Waals surface area contributed by atoms with Crippen molar-refractivity contribution in [3.63, 3.8) is 0 Å². The van der Waals surface area contributed by atoms with E-state index in [-0.39, 0.29) is 6.10 Å². The summed E-state index contributed by atoms with van der Waals surface area (Å²) in [7, 11) is 3.99. The smallest absolute Gasteiger partial charge is 0.226 e. The molecule has 1 saturated heterocycles. The number of aliphatic hydroxyl groups excluding tert-OH is 1. The number of aliphatic hydroxyl groups is 1. The second-order valence-electron chi connectivity index (χ2n) is 8.30. The quantitative estimate of drug-likeness (QED) is 0.861. The summed E-state index contributed by atoms with van der Waals surface area (Å²) in [5.74, 6) is 0.853. The van der Waals surface area contributed by atoms with Gasteiger partial charge in [0.15, 0.2) is 0 Å². The summed E-state index contributed by atoms with van der Waals surface area (Å²) in [6.45, 7) is 7.23. The normalized spacial score (nSPS) is 19.1. The highest BCUT2D eigenvalue weighted by Gasteiger charge is 2.22. The number of β-amino-alcohol motifs (C(OH)–C–C–N with tert-alkyl or cyclic N) is 1. The molecule has 1 aliphatic heterocycles. The Kier molecular flexibility index (Phi) is 5.30. The topological polar surface area (TPSA) is 55.7 Å². The molecule has 146 valence electrons. The first kappa shape index (κ1) is 18.6. The Labute approximate surface area is 161 Å². The van der Waals surface area contributed by atoms with Gasteiger partial charge in [-0.25, -0.2) is 9.97 Å². The zero-order chi connectivity index (χ0) is 19.0. The summed E-state index contributed by atoms with van der Waals surface area (Å²) in [6, 6.07) is 4.59. The highest BCUT2D eigenvalue weighted by molar-refractivity contribution is 5.84. The minimum Gasteiger partial charge on any atom is -0.390 e. The van der Waals surface area contributed by atoms with E-state index in [0.29, 0.717) is 6.54 Å². The molecule has 0 radical (unpaired) electrons. The van der Waals surface area contributed by atoms with Crippen LogP contribution in [-0.4, -0.2) is 84.3 Å². The summed E-state index contributed by atoms with van der Waals surface area (Å²) >= 11 is 0. The number of anilines is 1. The van der Waals surface area contributed by atoms with Crippen LogP contribution < -0.4 is 4.90 Å². The van der Waals surface area contributed by atoms with E-state index in [1.54, 1.807) is 0 Å². The lowest BCUT2D eigenvalue weighted by atomic mass is 10.1. The number of benzene rings is 1. The van der Waals surface area contributed by atoms with Gasteiger partial charge in [0.2, 0.25) is 5.95 Å².